The van der Waals surface area contributed by atoms with E-state index in [9.17, 15) is 9.59 Å². The topological polar surface area (TPSA) is 49.4 Å². The van der Waals surface area contributed by atoms with Crippen LogP contribution in [0.3, 0.4) is 0 Å². The van der Waals surface area contributed by atoms with Crippen LogP contribution < -0.4 is 5.32 Å². The van der Waals surface area contributed by atoms with E-state index >= 15 is 0 Å². The van der Waals surface area contributed by atoms with E-state index in [1.165, 1.54) is 0 Å². The highest BCUT2D eigenvalue weighted by atomic mass is 16.2. The van der Waals surface area contributed by atoms with Crippen LogP contribution in [0.15, 0.2) is 48.5 Å². The van der Waals surface area contributed by atoms with Crippen LogP contribution >= 0.6 is 0 Å². The Balaban J connectivity index is 2.31. The van der Waals surface area contributed by atoms with Crippen molar-refractivity contribution in [1.82, 2.24) is 10.2 Å². The molecule has 0 saturated carbocycles. The maximum Gasteiger partial charge on any atom is 0.242 e. The van der Waals surface area contributed by atoms with Gasteiger partial charge in [0.1, 0.15) is 6.04 Å². The van der Waals surface area contributed by atoms with Gasteiger partial charge in [-0.05, 0) is 48.9 Å². The molecular weight excluding hydrogens is 348 g/mol. The van der Waals surface area contributed by atoms with Crippen molar-refractivity contribution in [1.29, 1.82) is 0 Å². The number of hydrogen-bond donors (Lipinski definition) is 1. The number of hydrogen-bond acceptors (Lipinski definition) is 2. The molecule has 150 valence electrons. The normalized spacial score (nSPS) is 11.7. The van der Waals surface area contributed by atoms with E-state index in [0.717, 1.165) is 28.7 Å². The van der Waals surface area contributed by atoms with Crippen LogP contribution in [0.1, 0.15) is 48.9 Å². The van der Waals surface area contributed by atoms with Gasteiger partial charge in [-0.15, -0.1) is 0 Å². The number of nitrogens with one attached hydrogen (secondary N) is 1. The van der Waals surface area contributed by atoms with E-state index < -0.39 is 6.04 Å². The molecule has 2 amide bonds. The molecule has 0 aromatic heterocycles. The van der Waals surface area contributed by atoms with Gasteiger partial charge >= 0.3 is 0 Å². The molecule has 0 aliphatic rings. The molecule has 2 aromatic rings. The molecule has 0 saturated heterocycles. The lowest BCUT2D eigenvalue weighted by Crippen LogP contribution is -2.49. The number of amides is 2. The minimum atomic E-state index is -0.470. The predicted octanol–water partition coefficient (Wildman–Crippen LogP) is 4.18. The van der Waals surface area contributed by atoms with Gasteiger partial charge < -0.3 is 10.2 Å². The highest BCUT2D eigenvalue weighted by Crippen LogP contribution is 2.18. The molecule has 0 fully saturated rings. The minimum absolute atomic E-state index is 0.0175. The number of carbonyl (C=O) groups is 2. The molecular formula is C24H32N2O2. The Bertz CT molecular complexity index is 801. The van der Waals surface area contributed by atoms with Gasteiger partial charge in [0.2, 0.25) is 11.8 Å². The zero-order valence-electron chi connectivity index (χ0n) is 17.5. The molecule has 0 radical (unpaired) electrons. The van der Waals surface area contributed by atoms with Gasteiger partial charge in [0.05, 0.1) is 6.42 Å². The molecule has 0 spiro atoms. The maximum atomic E-state index is 13.3. The van der Waals surface area contributed by atoms with Crippen LogP contribution in [0.4, 0.5) is 0 Å². The zero-order valence-corrected chi connectivity index (χ0v) is 17.5. The Kier molecular flexibility index (Phi) is 8.24. The number of nitrogens with zero attached hydrogens (tertiary/aromatic N) is 1. The molecule has 1 atom stereocenters. The zero-order chi connectivity index (χ0) is 20.5. The SMILES string of the molecule is CCCNC(=O)C(CC)N(Cc1ccccc1C)C(=O)Cc1ccccc1C. The molecule has 4 nitrogen and oxygen atoms in total. The number of carbonyl (C=O) groups excluding carboxylic acids is 2. The van der Waals surface area contributed by atoms with Crippen molar-refractivity contribution in [2.24, 2.45) is 0 Å². The van der Waals surface area contributed by atoms with E-state index in [2.05, 4.69) is 5.32 Å². The van der Waals surface area contributed by atoms with Gasteiger partial charge in [-0.3, -0.25) is 9.59 Å². The summed E-state index contributed by atoms with van der Waals surface area (Å²) < 4.78 is 0. The predicted molar refractivity (Wildman–Crippen MR) is 114 cm³/mol. The molecule has 2 rings (SSSR count). The van der Waals surface area contributed by atoms with Crippen LogP contribution in [0.2, 0.25) is 0 Å². The van der Waals surface area contributed by atoms with Gasteiger partial charge in [-0.25, -0.2) is 0 Å². The molecule has 0 aliphatic carbocycles. The molecule has 1 unspecified atom stereocenters. The largest absolute Gasteiger partial charge is 0.354 e. The van der Waals surface area contributed by atoms with Crippen molar-refractivity contribution < 1.29 is 9.59 Å². The van der Waals surface area contributed by atoms with Crippen molar-refractivity contribution >= 4 is 11.8 Å². The monoisotopic (exact) mass is 380 g/mol. The van der Waals surface area contributed by atoms with Gasteiger partial charge in [0.25, 0.3) is 0 Å². The van der Waals surface area contributed by atoms with Crippen molar-refractivity contribution in [2.45, 2.75) is 59.5 Å². The molecule has 0 heterocycles. The van der Waals surface area contributed by atoms with E-state index in [1.54, 1.807) is 4.90 Å². The number of rotatable bonds is 9. The second kappa shape index (κ2) is 10.6. The van der Waals surface area contributed by atoms with Crippen LogP contribution in [0.5, 0.6) is 0 Å². The summed E-state index contributed by atoms with van der Waals surface area (Å²) in [5, 5.41) is 2.96. The quantitative estimate of drug-likeness (QED) is 0.709. The Morgan fingerprint density at radius 3 is 2.04 bits per heavy atom. The van der Waals surface area contributed by atoms with Crippen molar-refractivity contribution in [2.75, 3.05) is 6.54 Å². The van der Waals surface area contributed by atoms with Crippen LogP contribution in [-0.2, 0) is 22.6 Å². The summed E-state index contributed by atoms with van der Waals surface area (Å²) in [6.07, 6.45) is 1.76. The molecule has 0 bridgehead atoms. The maximum absolute atomic E-state index is 13.3. The molecule has 2 aromatic carbocycles. The first-order valence-corrected chi connectivity index (χ1v) is 10.1. The third-order valence-corrected chi connectivity index (χ3v) is 5.14. The third-order valence-electron chi connectivity index (χ3n) is 5.14. The number of aryl methyl sites for hydroxylation is 2. The van der Waals surface area contributed by atoms with Crippen LogP contribution in [0.25, 0.3) is 0 Å². The van der Waals surface area contributed by atoms with Crippen molar-refractivity contribution in [3.8, 4) is 0 Å². The fraction of sp³-hybridized carbons (Fsp3) is 0.417. The van der Waals surface area contributed by atoms with E-state index in [-0.39, 0.29) is 11.8 Å². The Labute approximate surface area is 169 Å². The molecule has 28 heavy (non-hydrogen) atoms. The fourth-order valence-electron chi connectivity index (χ4n) is 3.33. The molecule has 0 aliphatic heterocycles. The first kappa shape index (κ1) is 21.7. The summed E-state index contributed by atoms with van der Waals surface area (Å²) in [5.41, 5.74) is 4.30. The van der Waals surface area contributed by atoms with Crippen molar-refractivity contribution in [3.63, 3.8) is 0 Å². The average Bonchev–Trinajstić information content (AvgIpc) is 2.69. The second-order valence-corrected chi connectivity index (χ2v) is 7.27. The highest BCUT2D eigenvalue weighted by molar-refractivity contribution is 5.88. The fourth-order valence-corrected chi connectivity index (χ4v) is 3.33. The van der Waals surface area contributed by atoms with E-state index in [1.807, 2.05) is 76.2 Å². The standard InChI is InChI=1S/C24H32N2O2/c1-5-15-25-24(28)22(6-2)26(17-21-14-10-8-12-19(21)4)23(27)16-20-13-9-7-11-18(20)3/h7-14,22H,5-6,15-17H2,1-4H3,(H,25,28). The number of benzene rings is 2. The summed E-state index contributed by atoms with van der Waals surface area (Å²) in [5.74, 6) is -0.0906. The highest BCUT2D eigenvalue weighted by Gasteiger charge is 2.28. The minimum Gasteiger partial charge on any atom is -0.354 e. The summed E-state index contributed by atoms with van der Waals surface area (Å²) in [7, 11) is 0. The molecule has 1 N–H and O–H groups in total. The van der Waals surface area contributed by atoms with Crippen LogP contribution in [0, 0.1) is 13.8 Å². The Hall–Kier alpha value is -2.62. The average molecular weight is 381 g/mol. The van der Waals surface area contributed by atoms with Crippen LogP contribution in [-0.4, -0.2) is 29.3 Å². The first-order valence-electron chi connectivity index (χ1n) is 10.1. The van der Waals surface area contributed by atoms with Gasteiger partial charge in [-0.2, -0.15) is 0 Å². The van der Waals surface area contributed by atoms with E-state index in [4.69, 9.17) is 0 Å². The summed E-state index contributed by atoms with van der Waals surface area (Å²) >= 11 is 0. The summed E-state index contributed by atoms with van der Waals surface area (Å²) in [6.45, 7) is 9.10. The second-order valence-electron chi connectivity index (χ2n) is 7.27. The molecule has 4 heteroatoms. The van der Waals surface area contributed by atoms with Crippen molar-refractivity contribution in [3.05, 3.63) is 70.8 Å². The lowest BCUT2D eigenvalue weighted by molar-refractivity contribution is -0.140. The van der Waals surface area contributed by atoms with Gasteiger partial charge in [0, 0.05) is 13.1 Å². The Morgan fingerprint density at radius 1 is 0.929 bits per heavy atom. The third kappa shape index (κ3) is 5.69. The van der Waals surface area contributed by atoms with Gasteiger partial charge in [0.15, 0.2) is 0 Å². The lowest BCUT2D eigenvalue weighted by Gasteiger charge is -2.31. The lowest BCUT2D eigenvalue weighted by atomic mass is 10.0. The van der Waals surface area contributed by atoms with E-state index in [0.29, 0.717) is 25.9 Å². The Morgan fingerprint density at radius 2 is 1.50 bits per heavy atom. The summed E-state index contributed by atoms with van der Waals surface area (Å²) in [4.78, 5) is 27.8. The first-order chi connectivity index (χ1) is 13.5. The smallest absolute Gasteiger partial charge is 0.242 e. The van der Waals surface area contributed by atoms with Gasteiger partial charge in [-0.1, -0.05) is 62.4 Å². The summed E-state index contributed by atoms with van der Waals surface area (Å²) in [6, 6.07) is 15.5.